The Morgan fingerprint density at radius 2 is 1.56 bits per heavy atom. The second-order valence-corrected chi connectivity index (χ2v) is 7.89. The van der Waals surface area contributed by atoms with E-state index in [0.717, 1.165) is 44.0 Å². The molecular formula is C24H26N2O6. The number of hydrogen-bond donors (Lipinski definition) is 4. The van der Waals surface area contributed by atoms with Crippen molar-refractivity contribution in [2.24, 2.45) is 0 Å². The van der Waals surface area contributed by atoms with Gasteiger partial charge in [-0.2, -0.15) is 0 Å². The van der Waals surface area contributed by atoms with Gasteiger partial charge in [0.05, 0.1) is 13.2 Å². The van der Waals surface area contributed by atoms with E-state index in [9.17, 15) is 15.0 Å². The first-order valence-corrected chi connectivity index (χ1v) is 10.5. The first-order chi connectivity index (χ1) is 15.5. The van der Waals surface area contributed by atoms with E-state index >= 15 is 0 Å². The Morgan fingerprint density at radius 3 is 2.16 bits per heavy atom. The molecule has 2 aliphatic rings. The maximum Gasteiger partial charge on any atom is 0.275 e. The summed E-state index contributed by atoms with van der Waals surface area (Å²) in [5.74, 6) is 5.35. The first kappa shape index (κ1) is 22.4. The zero-order valence-corrected chi connectivity index (χ0v) is 17.5. The third kappa shape index (κ3) is 5.16. The number of carbonyl (C=O) groups excluding carboxylic acids is 1. The van der Waals surface area contributed by atoms with E-state index in [2.05, 4.69) is 28.9 Å². The summed E-state index contributed by atoms with van der Waals surface area (Å²) in [5.41, 5.74) is 4.97. The number of aliphatic hydroxyl groups excluding tert-OH is 2. The van der Waals surface area contributed by atoms with Crippen LogP contribution >= 0.6 is 0 Å². The number of rotatable bonds is 4. The number of hydrogen-bond acceptors (Lipinski definition) is 7. The van der Waals surface area contributed by atoms with Crippen molar-refractivity contribution in [1.29, 1.82) is 0 Å². The van der Waals surface area contributed by atoms with E-state index in [-0.39, 0.29) is 0 Å². The van der Waals surface area contributed by atoms with Crippen LogP contribution in [0.2, 0.25) is 0 Å². The van der Waals surface area contributed by atoms with Crippen LogP contribution in [0.3, 0.4) is 0 Å². The van der Waals surface area contributed by atoms with Gasteiger partial charge in [0, 0.05) is 30.8 Å². The van der Waals surface area contributed by atoms with Crippen molar-refractivity contribution in [2.75, 3.05) is 26.3 Å². The molecule has 168 valence electrons. The molecule has 4 rings (SSSR count). The topological polar surface area (TPSA) is 111 Å². The van der Waals surface area contributed by atoms with Crippen molar-refractivity contribution < 1.29 is 29.7 Å². The molecule has 0 saturated carbocycles. The molecule has 2 fully saturated rings. The Morgan fingerprint density at radius 1 is 0.969 bits per heavy atom. The third-order valence-corrected chi connectivity index (χ3v) is 5.69. The molecule has 0 aliphatic carbocycles. The van der Waals surface area contributed by atoms with Crippen molar-refractivity contribution in [3.05, 3.63) is 70.8 Å². The highest BCUT2D eigenvalue weighted by atomic mass is 16.6. The molecule has 0 unspecified atom stereocenters. The normalized spacial score (nSPS) is 25.7. The van der Waals surface area contributed by atoms with Gasteiger partial charge < -0.3 is 19.7 Å². The minimum atomic E-state index is -1.43. The van der Waals surface area contributed by atoms with Gasteiger partial charge in [-0.15, -0.1) is 0 Å². The Kier molecular flexibility index (Phi) is 7.17. The Bertz CT molecular complexity index is 976. The van der Waals surface area contributed by atoms with Gasteiger partial charge in [-0.1, -0.05) is 36.1 Å². The van der Waals surface area contributed by atoms with Crippen molar-refractivity contribution in [3.63, 3.8) is 0 Å². The second-order valence-electron chi connectivity index (χ2n) is 7.89. The van der Waals surface area contributed by atoms with Gasteiger partial charge >= 0.3 is 0 Å². The molecule has 2 heterocycles. The maximum absolute atomic E-state index is 11.6. The number of morpholine rings is 1. The van der Waals surface area contributed by atoms with E-state index in [1.54, 1.807) is 24.3 Å². The van der Waals surface area contributed by atoms with E-state index in [0.29, 0.717) is 5.56 Å². The van der Waals surface area contributed by atoms with E-state index < -0.39 is 30.3 Å². The van der Waals surface area contributed by atoms with E-state index in [1.807, 2.05) is 12.1 Å². The number of carbonyl (C=O) groups is 1. The lowest BCUT2D eigenvalue weighted by atomic mass is 10.0. The molecule has 4 N–H and O–H groups in total. The van der Waals surface area contributed by atoms with Crippen LogP contribution in [0.4, 0.5) is 0 Å². The van der Waals surface area contributed by atoms with Gasteiger partial charge in [0.15, 0.2) is 6.10 Å². The van der Waals surface area contributed by atoms with Crippen molar-refractivity contribution in [3.8, 4) is 11.8 Å². The Balaban J connectivity index is 1.38. The summed E-state index contributed by atoms with van der Waals surface area (Å²) < 4.78 is 10.8. The highest BCUT2D eigenvalue weighted by Crippen LogP contribution is 2.33. The standard InChI is InChI=1S/C24H26N2O6/c27-20-21(28)23(24(29)25-30)32-22(20)19-9-7-17(8-10-19)2-1-16-3-5-18(6-4-16)15-26-11-13-31-14-12-26/h3-10,20-23,27-28,30H,11-15H2,(H,25,29)/t20-,21+,22+,23-/m0/s1. The van der Waals surface area contributed by atoms with Gasteiger partial charge in [-0.25, -0.2) is 5.48 Å². The number of amides is 1. The molecule has 2 saturated heterocycles. The van der Waals surface area contributed by atoms with Crippen molar-refractivity contribution >= 4 is 5.91 Å². The lowest BCUT2D eigenvalue weighted by Crippen LogP contribution is -2.41. The molecule has 8 heteroatoms. The lowest BCUT2D eigenvalue weighted by Gasteiger charge is -2.26. The van der Waals surface area contributed by atoms with Gasteiger partial charge in [0.1, 0.15) is 18.3 Å². The molecule has 0 aromatic heterocycles. The maximum atomic E-state index is 11.6. The molecule has 1 amide bonds. The predicted octanol–water partition coefficient (Wildman–Crippen LogP) is 0.586. The molecule has 32 heavy (non-hydrogen) atoms. The van der Waals surface area contributed by atoms with Crippen LogP contribution in [0.5, 0.6) is 0 Å². The number of nitrogens with zero attached hydrogens (tertiary/aromatic N) is 1. The number of nitrogens with one attached hydrogen (secondary N) is 1. The quantitative estimate of drug-likeness (QED) is 0.314. The molecule has 8 nitrogen and oxygen atoms in total. The minimum Gasteiger partial charge on any atom is -0.387 e. The van der Waals surface area contributed by atoms with Crippen molar-refractivity contribution in [1.82, 2.24) is 10.4 Å². The number of ether oxygens (including phenoxy) is 2. The number of benzene rings is 2. The highest BCUT2D eigenvalue weighted by Gasteiger charge is 2.46. The molecule has 0 spiro atoms. The highest BCUT2D eigenvalue weighted by molar-refractivity contribution is 5.80. The van der Waals surface area contributed by atoms with Crippen LogP contribution in [-0.2, 0) is 20.8 Å². The summed E-state index contributed by atoms with van der Waals surface area (Å²) >= 11 is 0. The summed E-state index contributed by atoms with van der Waals surface area (Å²) in [7, 11) is 0. The lowest BCUT2D eigenvalue weighted by molar-refractivity contribution is -0.144. The monoisotopic (exact) mass is 438 g/mol. The predicted molar refractivity (Wildman–Crippen MR) is 115 cm³/mol. The van der Waals surface area contributed by atoms with E-state index in [1.165, 1.54) is 11.0 Å². The third-order valence-electron chi connectivity index (χ3n) is 5.69. The molecule has 0 bridgehead atoms. The van der Waals surface area contributed by atoms with Crippen LogP contribution in [0, 0.1) is 11.8 Å². The zero-order chi connectivity index (χ0) is 22.5. The van der Waals surface area contributed by atoms with Gasteiger partial charge in [0.25, 0.3) is 5.91 Å². The van der Waals surface area contributed by atoms with Gasteiger partial charge in [-0.05, 0) is 35.4 Å². The summed E-state index contributed by atoms with van der Waals surface area (Å²) in [5, 5.41) is 28.9. The fourth-order valence-corrected chi connectivity index (χ4v) is 3.84. The molecule has 4 atom stereocenters. The van der Waals surface area contributed by atoms with Crippen LogP contribution in [-0.4, -0.2) is 70.8 Å². The largest absolute Gasteiger partial charge is 0.387 e. The summed E-state index contributed by atoms with van der Waals surface area (Å²) in [6.07, 6.45) is -4.94. The van der Waals surface area contributed by atoms with Crippen molar-refractivity contribution in [2.45, 2.75) is 31.0 Å². The molecular weight excluding hydrogens is 412 g/mol. The van der Waals surface area contributed by atoms with Crippen LogP contribution in [0.15, 0.2) is 48.5 Å². The minimum absolute atomic E-state index is 0.600. The fraction of sp³-hybridized carbons (Fsp3) is 0.375. The number of aliphatic hydroxyl groups is 2. The molecule has 2 aliphatic heterocycles. The SMILES string of the molecule is O=C(NO)[C@H]1O[C@H](c2ccc(C#Cc3ccc(CN4CCOCC4)cc3)cc2)[C@@H](O)[C@H]1O. The summed E-state index contributed by atoms with van der Waals surface area (Å²) in [6.45, 7) is 4.38. The van der Waals surface area contributed by atoms with Gasteiger partial charge in [0.2, 0.25) is 0 Å². The average molecular weight is 438 g/mol. The number of hydroxylamine groups is 1. The summed E-state index contributed by atoms with van der Waals surface area (Å²) in [6, 6.07) is 15.2. The average Bonchev–Trinajstić information content (AvgIpc) is 3.13. The van der Waals surface area contributed by atoms with Crippen LogP contribution in [0.25, 0.3) is 0 Å². The first-order valence-electron chi connectivity index (χ1n) is 10.5. The Labute approximate surface area is 186 Å². The summed E-state index contributed by atoms with van der Waals surface area (Å²) in [4.78, 5) is 13.9. The van der Waals surface area contributed by atoms with Gasteiger partial charge in [-0.3, -0.25) is 14.9 Å². The fourth-order valence-electron chi connectivity index (χ4n) is 3.84. The zero-order valence-electron chi connectivity index (χ0n) is 17.5. The van der Waals surface area contributed by atoms with Crippen LogP contribution in [0.1, 0.15) is 28.4 Å². The smallest absolute Gasteiger partial charge is 0.275 e. The Hall–Kier alpha value is -2.77. The van der Waals surface area contributed by atoms with E-state index in [4.69, 9.17) is 14.7 Å². The second kappa shape index (κ2) is 10.2. The molecule has 0 radical (unpaired) electrons. The van der Waals surface area contributed by atoms with Crippen LogP contribution < -0.4 is 5.48 Å². The molecule has 2 aromatic rings. The molecule has 2 aromatic carbocycles.